The molecule has 2 aliphatic rings. The van der Waals surface area contributed by atoms with Gasteiger partial charge in [0.05, 0.1) is 12.1 Å². The van der Waals surface area contributed by atoms with Crippen molar-refractivity contribution >= 4 is 35.5 Å². The molecule has 0 aliphatic carbocycles. The van der Waals surface area contributed by atoms with Crippen molar-refractivity contribution < 1.29 is 24.3 Å². The molecule has 1 aromatic rings. The van der Waals surface area contributed by atoms with E-state index in [1.54, 1.807) is 16.7 Å². The van der Waals surface area contributed by atoms with Crippen molar-refractivity contribution in [1.82, 2.24) is 20.4 Å². The van der Waals surface area contributed by atoms with Crippen LogP contribution in [0.2, 0.25) is 0 Å². The third-order valence-electron chi connectivity index (χ3n) is 4.58. The maximum atomic E-state index is 12.3. The van der Waals surface area contributed by atoms with E-state index in [9.17, 15) is 24.3 Å². The first kappa shape index (κ1) is 20.2. The molecule has 2 saturated heterocycles. The van der Waals surface area contributed by atoms with Gasteiger partial charge in [0.15, 0.2) is 0 Å². The number of likely N-dealkylation sites (tertiary alicyclic amines) is 1. The summed E-state index contributed by atoms with van der Waals surface area (Å²) in [6.07, 6.45) is 0.366. The van der Waals surface area contributed by atoms with Crippen LogP contribution in [0.15, 0.2) is 35.2 Å². The van der Waals surface area contributed by atoms with Gasteiger partial charge in [0.2, 0.25) is 17.7 Å². The normalized spacial score (nSPS) is 17.9. The largest absolute Gasteiger partial charge is 0.394 e. The zero-order chi connectivity index (χ0) is 20.1. The molecule has 0 aromatic heterocycles. The van der Waals surface area contributed by atoms with E-state index < -0.39 is 23.4 Å². The number of nitrogens with one attached hydrogen (secondary N) is 2. The van der Waals surface area contributed by atoms with Gasteiger partial charge in [-0.3, -0.25) is 19.7 Å². The van der Waals surface area contributed by atoms with Crippen molar-refractivity contribution in [3.63, 3.8) is 0 Å². The molecule has 1 aromatic carbocycles. The molecule has 10 heteroatoms. The second-order valence-corrected chi connectivity index (χ2v) is 8.03. The number of imide groups is 1. The fourth-order valence-electron chi connectivity index (χ4n) is 3.13. The lowest BCUT2D eigenvalue weighted by Gasteiger charge is -2.49. The summed E-state index contributed by atoms with van der Waals surface area (Å²) in [6, 6.07) is 9.18. The molecule has 2 heterocycles. The number of nitrogens with zero attached hydrogens (tertiary/aromatic N) is 2. The lowest BCUT2D eigenvalue weighted by Crippen LogP contribution is -2.73. The van der Waals surface area contributed by atoms with Crippen molar-refractivity contribution in [3.8, 4) is 0 Å². The standard InChI is InChI=1S/C18H22N4O5S/c23-12-18(20-15(25)9-21-8-14(24)19-17(21)27)10-22(11-18)16(26)6-7-28-13-4-2-1-3-5-13/h1-5,23H,6-12H2,(H,20,25)(H,19,24,27). The molecule has 0 unspecified atom stereocenters. The van der Waals surface area contributed by atoms with Gasteiger partial charge in [-0.15, -0.1) is 11.8 Å². The van der Waals surface area contributed by atoms with Crippen LogP contribution >= 0.6 is 11.8 Å². The number of benzene rings is 1. The van der Waals surface area contributed by atoms with Crippen molar-refractivity contribution in [1.29, 1.82) is 0 Å². The van der Waals surface area contributed by atoms with Crippen LogP contribution in [-0.4, -0.2) is 82.7 Å². The second-order valence-electron chi connectivity index (χ2n) is 6.86. The highest BCUT2D eigenvalue weighted by Gasteiger charge is 2.46. The monoisotopic (exact) mass is 406 g/mol. The maximum Gasteiger partial charge on any atom is 0.325 e. The zero-order valence-corrected chi connectivity index (χ0v) is 16.0. The van der Waals surface area contributed by atoms with E-state index in [1.165, 1.54) is 0 Å². The minimum absolute atomic E-state index is 0.0359. The quantitative estimate of drug-likeness (QED) is 0.392. The lowest BCUT2D eigenvalue weighted by atomic mass is 9.90. The molecule has 9 nitrogen and oxygen atoms in total. The van der Waals surface area contributed by atoms with E-state index in [1.807, 2.05) is 30.3 Å². The van der Waals surface area contributed by atoms with Crippen LogP contribution in [0.25, 0.3) is 0 Å². The maximum absolute atomic E-state index is 12.3. The highest BCUT2D eigenvalue weighted by molar-refractivity contribution is 7.99. The lowest BCUT2D eigenvalue weighted by molar-refractivity contribution is -0.144. The van der Waals surface area contributed by atoms with E-state index >= 15 is 0 Å². The Morgan fingerprint density at radius 2 is 1.93 bits per heavy atom. The van der Waals surface area contributed by atoms with Gasteiger partial charge >= 0.3 is 6.03 Å². The molecule has 0 radical (unpaired) electrons. The number of aliphatic hydroxyl groups is 1. The minimum Gasteiger partial charge on any atom is -0.394 e. The first-order valence-corrected chi connectivity index (χ1v) is 9.86. The first-order chi connectivity index (χ1) is 13.4. The molecule has 2 aliphatic heterocycles. The van der Waals surface area contributed by atoms with E-state index in [0.717, 1.165) is 9.80 Å². The van der Waals surface area contributed by atoms with Gasteiger partial charge in [0.25, 0.3) is 0 Å². The Kier molecular flexibility index (Phi) is 6.20. The fraction of sp³-hybridized carbons (Fsp3) is 0.444. The zero-order valence-electron chi connectivity index (χ0n) is 15.2. The third kappa shape index (κ3) is 4.82. The van der Waals surface area contributed by atoms with Crippen molar-refractivity contribution in [3.05, 3.63) is 30.3 Å². The van der Waals surface area contributed by atoms with E-state index in [0.29, 0.717) is 12.2 Å². The Labute approximate surface area is 166 Å². The smallest absolute Gasteiger partial charge is 0.325 e. The van der Waals surface area contributed by atoms with Crippen LogP contribution in [-0.2, 0) is 14.4 Å². The predicted octanol–water partition coefficient (Wildman–Crippen LogP) is -0.590. The summed E-state index contributed by atoms with van der Waals surface area (Å²) in [6.45, 7) is -0.320. The van der Waals surface area contributed by atoms with Gasteiger partial charge < -0.3 is 20.2 Å². The highest BCUT2D eigenvalue weighted by atomic mass is 32.2. The number of thioether (sulfide) groups is 1. The molecular formula is C18H22N4O5S. The second kappa shape index (κ2) is 8.61. The van der Waals surface area contributed by atoms with Gasteiger partial charge in [-0.25, -0.2) is 4.79 Å². The predicted molar refractivity (Wildman–Crippen MR) is 101 cm³/mol. The number of rotatable bonds is 8. The van der Waals surface area contributed by atoms with Crippen LogP contribution in [0.1, 0.15) is 6.42 Å². The molecule has 3 rings (SSSR count). The number of amides is 5. The number of hydrogen-bond donors (Lipinski definition) is 3. The van der Waals surface area contributed by atoms with Gasteiger partial charge in [0.1, 0.15) is 13.1 Å². The molecule has 150 valence electrons. The Hall–Kier alpha value is -2.59. The van der Waals surface area contributed by atoms with Gasteiger partial charge in [-0.2, -0.15) is 0 Å². The summed E-state index contributed by atoms with van der Waals surface area (Å²) in [5.41, 5.74) is -0.903. The van der Waals surface area contributed by atoms with Crippen molar-refractivity contribution in [2.45, 2.75) is 16.9 Å². The summed E-state index contributed by atoms with van der Waals surface area (Å²) in [5.74, 6) is -0.323. The van der Waals surface area contributed by atoms with Crippen molar-refractivity contribution in [2.24, 2.45) is 0 Å². The molecule has 0 spiro atoms. The molecule has 2 fully saturated rings. The summed E-state index contributed by atoms with van der Waals surface area (Å²) >= 11 is 1.60. The van der Waals surface area contributed by atoms with Crippen LogP contribution < -0.4 is 10.6 Å². The van der Waals surface area contributed by atoms with E-state index in [-0.39, 0.29) is 38.7 Å². The molecule has 0 bridgehead atoms. The molecule has 28 heavy (non-hydrogen) atoms. The Morgan fingerprint density at radius 1 is 1.21 bits per heavy atom. The molecule has 0 atom stereocenters. The molecule has 5 amide bonds. The third-order valence-corrected chi connectivity index (χ3v) is 5.59. The first-order valence-electron chi connectivity index (χ1n) is 8.87. The number of carbonyl (C=O) groups is 4. The molecular weight excluding hydrogens is 384 g/mol. The average molecular weight is 406 g/mol. The van der Waals surface area contributed by atoms with Crippen LogP contribution in [0.3, 0.4) is 0 Å². The van der Waals surface area contributed by atoms with Crippen LogP contribution in [0.5, 0.6) is 0 Å². The summed E-state index contributed by atoms with van der Waals surface area (Å²) in [4.78, 5) is 50.9. The van der Waals surface area contributed by atoms with E-state index in [4.69, 9.17) is 0 Å². The van der Waals surface area contributed by atoms with Crippen LogP contribution in [0.4, 0.5) is 4.79 Å². The Morgan fingerprint density at radius 3 is 2.54 bits per heavy atom. The Bertz CT molecular complexity index is 766. The topological polar surface area (TPSA) is 119 Å². The molecule has 3 N–H and O–H groups in total. The van der Waals surface area contributed by atoms with Crippen LogP contribution in [0, 0.1) is 0 Å². The molecule has 0 saturated carbocycles. The minimum atomic E-state index is -0.903. The van der Waals surface area contributed by atoms with E-state index in [2.05, 4.69) is 10.6 Å². The summed E-state index contributed by atoms with van der Waals surface area (Å²) < 4.78 is 0. The van der Waals surface area contributed by atoms with Gasteiger partial charge in [-0.1, -0.05) is 18.2 Å². The summed E-state index contributed by atoms with van der Waals surface area (Å²) in [5, 5.41) is 14.4. The number of urea groups is 1. The Balaban J connectivity index is 1.41. The fourth-order valence-corrected chi connectivity index (χ4v) is 3.99. The number of aliphatic hydroxyl groups excluding tert-OH is 1. The van der Waals surface area contributed by atoms with Gasteiger partial charge in [-0.05, 0) is 12.1 Å². The van der Waals surface area contributed by atoms with Gasteiger partial charge in [0, 0.05) is 30.2 Å². The SMILES string of the molecule is O=C1CN(CC(=O)NC2(CO)CN(C(=O)CCSc3ccccc3)C2)C(=O)N1. The van der Waals surface area contributed by atoms with Crippen molar-refractivity contribution in [2.75, 3.05) is 38.5 Å². The average Bonchev–Trinajstić information content (AvgIpc) is 2.95. The highest BCUT2D eigenvalue weighted by Crippen LogP contribution is 2.23. The number of carbonyl (C=O) groups excluding carboxylic acids is 4. The summed E-state index contributed by atoms with van der Waals surface area (Å²) in [7, 11) is 0. The number of hydrogen-bond acceptors (Lipinski definition) is 6.